The van der Waals surface area contributed by atoms with Gasteiger partial charge in [0.2, 0.25) is 0 Å². The monoisotopic (exact) mass is 550 g/mol. The van der Waals surface area contributed by atoms with Gasteiger partial charge in [-0.25, -0.2) is 0 Å². The predicted molar refractivity (Wildman–Crippen MR) is 183 cm³/mol. The van der Waals surface area contributed by atoms with Crippen LogP contribution in [0.5, 0.6) is 0 Å². The molecule has 1 aromatic heterocycles. The normalized spacial score (nSPS) is 11.4. The number of hydrogen-bond acceptors (Lipinski definition) is 1. The second-order valence-electron chi connectivity index (χ2n) is 11.1. The molecular formula is C41H30N2. The van der Waals surface area contributed by atoms with Crippen LogP contribution in [-0.2, 0) is 7.05 Å². The highest BCUT2D eigenvalue weighted by Gasteiger charge is 2.15. The molecule has 2 nitrogen and oxygen atoms in total. The first-order chi connectivity index (χ1) is 21.2. The van der Waals surface area contributed by atoms with E-state index in [0.29, 0.717) is 0 Å². The molecule has 0 aliphatic heterocycles. The summed E-state index contributed by atoms with van der Waals surface area (Å²) in [4.78, 5) is 2.32. The number of rotatable bonds is 5. The van der Waals surface area contributed by atoms with Crippen LogP contribution in [0.2, 0.25) is 0 Å². The molecule has 1 heterocycles. The van der Waals surface area contributed by atoms with Gasteiger partial charge in [0.1, 0.15) is 0 Å². The van der Waals surface area contributed by atoms with Crippen LogP contribution in [0.4, 0.5) is 17.1 Å². The lowest BCUT2D eigenvalue weighted by atomic mass is 9.99. The Balaban J connectivity index is 1.20. The standard InChI is InChI=1S/C41H30N2/c1-42-39-26-21-33(28-38(39)41-37-15-9-8-12-32(37)20-27-40(41)42)31-18-24-36(25-19-31)43(34-13-6-3-7-14-34)35-22-16-30(17-23-35)29-10-4-2-5-11-29/h2-28H,1H3. The van der Waals surface area contributed by atoms with E-state index < -0.39 is 0 Å². The van der Waals surface area contributed by atoms with Crippen molar-refractivity contribution < 1.29 is 0 Å². The van der Waals surface area contributed by atoms with E-state index in [0.717, 1.165) is 17.1 Å². The second-order valence-corrected chi connectivity index (χ2v) is 11.1. The Morgan fingerprint density at radius 2 is 0.907 bits per heavy atom. The predicted octanol–water partition coefficient (Wildman–Crippen LogP) is 11.3. The third-order valence-corrected chi connectivity index (χ3v) is 8.60. The Bertz CT molecular complexity index is 2210. The number of aryl methyl sites for hydroxylation is 1. The Kier molecular flexibility index (Phi) is 6.05. The van der Waals surface area contributed by atoms with Gasteiger partial charge in [-0.2, -0.15) is 0 Å². The molecule has 8 aromatic rings. The molecular weight excluding hydrogens is 520 g/mol. The molecule has 0 saturated heterocycles. The van der Waals surface area contributed by atoms with Crippen molar-refractivity contribution in [2.24, 2.45) is 7.05 Å². The van der Waals surface area contributed by atoms with Crippen LogP contribution >= 0.6 is 0 Å². The van der Waals surface area contributed by atoms with Gasteiger partial charge in [0.05, 0.1) is 0 Å². The van der Waals surface area contributed by atoms with E-state index in [1.165, 1.54) is 54.8 Å². The quantitative estimate of drug-likeness (QED) is 0.207. The number of aromatic nitrogens is 1. The SMILES string of the molecule is Cn1c2ccc(-c3ccc(N(c4ccccc4)c4ccc(-c5ccccc5)cc4)cc3)cc2c2c3ccccc3ccc21. The Labute approximate surface area is 251 Å². The maximum absolute atomic E-state index is 2.36. The summed E-state index contributed by atoms with van der Waals surface area (Å²) >= 11 is 0. The summed E-state index contributed by atoms with van der Waals surface area (Å²) in [5, 5.41) is 5.19. The molecule has 0 amide bonds. The zero-order valence-corrected chi connectivity index (χ0v) is 24.0. The number of para-hydroxylation sites is 1. The van der Waals surface area contributed by atoms with Crippen molar-refractivity contribution >= 4 is 49.6 Å². The van der Waals surface area contributed by atoms with Crippen molar-refractivity contribution in [1.29, 1.82) is 0 Å². The molecule has 0 saturated carbocycles. The molecule has 0 radical (unpaired) electrons. The Hall–Kier alpha value is -5.60. The van der Waals surface area contributed by atoms with Crippen molar-refractivity contribution in [3.63, 3.8) is 0 Å². The second kappa shape index (κ2) is 10.3. The molecule has 0 spiro atoms. The average molecular weight is 551 g/mol. The lowest BCUT2D eigenvalue weighted by Gasteiger charge is -2.26. The Morgan fingerprint density at radius 1 is 0.395 bits per heavy atom. The molecule has 0 aliphatic carbocycles. The fourth-order valence-electron chi connectivity index (χ4n) is 6.42. The molecule has 0 aliphatic rings. The first-order valence-corrected chi connectivity index (χ1v) is 14.8. The molecule has 8 rings (SSSR count). The van der Waals surface area contributed by atoms with E-state index in [4.69, 9.17) is 0 Å². The maximum Gasteiger partial charge on any atom is 0.0495 e. The van der Waals surface area contributed by atoms with Gasteiger partial charge in [0, 0.05) is 45.9 Å². The molecule has 0 bridgehead atoms. The number of benzene rings is 7. The smallest absolute Gasteiger partial charge is 0.0495 e. The summed E-state index contributed by atoms with van der Waals surface area (Å²) < 4.78 is 2.31. The lowest BCUT2D eigenvalue weighted by Crippen LogP contribution is -2.09. The Morgan fingerprint density at radius 3 is 1.60 bits per heavy atom. The summed E-state index contributed by atoms with van der Waals surface area (Å²) in [5.41, 5.74) is 10.8. The largest absolute Gasteiger partial charge is 0.344 e. The van der Waals surface area contributed by atoms with E-state index in [1.54, 1.807) is 0 Å². The highest BCUT2D eigenvalue weighted by Crippen LogP contribution is 2.39. The minimum absolute atomic E-state index is 1.12. The summed E-state index contributed by atoms with van der Waals surface area (Å²) in [7, 11) is 2.17. The van der Waals surface area contributed by atoms with Crippen molar-refractivity contribution in [3.05, 3.63) is 164 Å². The van der Waals surface area contributed by atoms with Crippen molar-refractivity contribution in [1.82, 2.24) is 4.57 Å². The van der Waals surface area contributed by atoms with Crippen LogP contribution in [0.15, 0.2) is 164 Å². The van der Waals surface area contributed by atoms with E-state index in [-0.39, 0.29) is 0 Å². The zero-order valence-electron chi connectivity index (χ0n) is 24.0. The molecule has 7 aromatic carbocycles. The number of nitrogens with zero attached hydrogens (tertiary/aromatic N) is 2. The van der Waals surface area contributed by atoms with Crippen LogP contribution in [0, 0.1) is 0 Å². The van der Waals surface area contributed by atoms with Gasteiger partial charge in [-0.3, -0.25) is 0 Å². The first-order valence-electron chi connectivity index (χ1n) is 14.8. The van der Waals surface area contributed by atoms with Gasteiger partial charge >= 0.3 is 0 Å². The summed E-state index contributed by atoms with van der Waals surface area (Å²) in [6.07, 6.45) is 0. The van der Waals surface area contributed by atoms with Crippen molar-refractivity contribution in [3.8, 4) is 22.3 Å². The van der Waals surface area contributed by atoms with Crippen molar-refractivity contribution in [2.45, 2.75) is 0 Å². The summed E-state index contributed by atoms with van der Waals surface area (Å²) in [6, 6.07) is 58.9. The van der Waals surface area contributed by atoms with E-state index in [9.17, 15) is 0 Å². The van der Waals surface area contributed by atoms with Gasteiger partial charge in [0.25, 0.3) is 0 Å². The molecule has 2 heteroatoms. The lowest BCUT2D eigenvalue weighted by molar-refractivity contribution is 1.01. The van der Waals surface area contributed by atoms with Crippen LogP contribution in [0.25, 0.3) is 54.8 Å². The first kappa shape index (κ1) is 25.1. The third-order valence-electron chi connectivity index (χ3n) is 8.60. The molecule has 0 unspecified atom stereocenters. The molecule has 0 atom stereocenters. The number of anilines is 3. The highest BCUT2D eigenvalue weighted by atomic mass is 15.1. The minimum Gasteiger partial charge on any atom is -0.344 e. The van der Waals surface area contributed by atoms with Gasteiger partial charge in [-0.05, 0) is 87.6 Å². The summed E-state index contributed by atoms with van der Waals surface area (Å²) in [6.45, 7) is 0. The highest BCUT2D eigenvalue weighted by molar-refractivity contribution is 6.21. The molecule has 0 fully saturated rings. The van der Waals surface area contributed by atoms with Crippen LogP contribution in [-0.4, -0.2) is 4.57 Å². The summed E-state index contributed by atoms with van der Waals surface area (Å²) in [5.74, 6) is 0. The maximum atomic E-state index is 2.36. The number of fused-ring (bicyclic) bond motifs is 5. The average Bonchev–Trinajstić information content (AvgIpc) is 3.37. The van der Waals surface area contributed by atoms with E-state index in [1.807, 2.05) is 0 Å². The number of hydrogen-bond donors (Lipinski definition) is 0. The van der Waals surface area contributed by atoms with Crippen molar-refractivity contribution in [2.75, 3.05) is 4.90 Å². The van der Waals surface area contributed by atoms with E-state index in [2.05, 4.69) is 180 Å². The van der Waals surface area contributed by atoms with Crippen LogP contribution < -0.4 is 4.90 Å². The van der Waals surface area contributed by atoms with Gasteiger partial charge < -0.3 is 9.47 Å². The fourth-order valence-corrected chi connectivity index (χ4v) is 6.42. The molecule has 43 heavy (non-hydrogen) atoms. The van der Waals surface area contributed by atoms with Gasteiger partial charge in [-0.15, -0.1) is 0 Å². The van der Waals surface area contributed by atoms with Gasteiger partial charge in [0.15, 0.2) is 0 Å². The zero-order chi connectivity index (χ0) is 28.8. The van der Waals surface area contributed by atoms with Crippen LogP contribution in [0.1, 0.15) is 0 Å². The molecule has 0 N–H and O–H groups in total. The van der Waals surface area contributed by atoms with Gasteiger partial charge in [-0.1, -0.05) is 109 Å². The fraction of sp³-hybridized carbons (Fsp3) is 0.0244. The minimum atomic E-state index is 1.12. The van der Waals surface area contributed by atoms with Crippen LogP contribution in [0.3, 0.4) is 0 Å². The third kappa shape index (κ3) is 4.36. The topological polar surface area (TPSA) is 8.17 Å². The molecule has 204 valence electrons. The van der Waals surface area contributed by atoms with E-state index >= 15 is 0 Å².